The Kier molecular flexibility index (Phi) is 5.77. The molecule has 1 heterocycles. The maximum absolute atomic E-state index is 14.2. The summed E-state index contributed by atoms with van der Waals surface area (Å²) in [7, 11) is 0. The van der Waals surface area contributed by atoms with Crippen LogP contribution in [0.15, 0.2) is 48.8 Å². The number of aryl methyl sites for hydroxylation is 1. The van der Waals surface area contributed by atoms with Gasteiger partial charge >= 0.3 is 0 Å². The van der Waals surface area contributed by atoms with Gasteiger partial charge in [0, 0.05) is 35.8 Å². The SMILES string of the molecule is O=C(c1ccc2nccnc2c1)c1cc(CCCNS(=O)[O-])ccc1F. The van der Waals surface area contributed by atoms with Crippen molar-refractivity contribution in [3.05, 3.63) is 71.3 Å². The fraction of sp³-hybridized carbons (Fsp3) is 0.167. The number of fused-ring (bicyclic) bond motifs is 1. The summed E-state index contributed by atoms with van der Waals surface area (Å²) < 4.78 is 37.3. The van der Waals surface area contributed by atoms with Gasteiger partial charge in [0.05, 0.1) is 16.6 Å². The molecule has 0 amide bonds. The number of carbonyl (C=O) groups is 1. The van der Waals surface area contributed by atoms with E-state index in [1.807, 2.05) is 0 Å². The Hall–Kier alpha value is -2.55. The van der Waals surface area contributed by atoms with E-state index in [0.29, 0.717) is 29.4 Å². The fourth-order valence-corrected chi connectivity index (χ4v) is 2.92. The highest BCUT2D eigenvalue weighted by Crippen LogP contribution is 2.19. The predicted molar refractivity (Wildman–Crippen MR) is 94.6 cm³/mol. The van der Waals surface area contributed by atoms with Crippen molar-refractivity contribution in [2.45, 2.75) is 12.8 Å². The van der Waals surface area contributed by atoms with Gasteiger partial charge in [0.15, 0.2) is 5.78 Å². The van der Waals surface area contributed by atoms with Gasteiger partial charge in [-0.2, -0.15) is 0 Å². The molecule has 0 bridgehead atoms. The molecule has 1 atom stereocenters. The monoisotopic (exact) mass is 372 g/mol. The lowest BCUT2D eigenvalue weighted by Crippen LogP contribution is -2.18. The van der Waals surface area contributed by atoms with E-state index in [9.17, 15) is 17.9 Å². The highest BCUT2D eigenvalue weighted by Gasteiger charge is 2.15. The van der Waals surface area contributed by atoms with Crippen LogP contribution in [0.2, 0.25) is 0 Å². The molecular weight excluding hydrogens is 357 g/mol. The lowest BCUT2D eigenvalue weighted by Gasteiger charge is -2.09. The number of benzene rings is 2. The molecule has 1 unspecified atom stereocenters. The van der Waals surface area contributed by atoms with Crippen molar-refractivity contribution < 1.29 is 17.9 Å². The fourth-order valence-electron chi connectivity index (χ4n) is 2.61. The molecule has 0 fully saturated rings. The molecule has 0 saturated carbocycles. The van der Waals surface area contributed by atoms with E-state index in [2.05, 4.69) is 14.7 Å². The molecule has 8 heteroatoms. The summed E-state index contributed by atoms with van der Waals surface area (Å²) in [5.74, 6) is -1.03. The number of halogens is 1. The van der Waals surface area contributed by atoms with Gasteiger partial charge in [-0.1, -0.05) is 6.07 Å². The molecular formula is C18H15FN3O3S-. The second kappa shape index (κ2) is 8.22. The van der Waals surface area contributed by atoms with Crippen LogP contribution in [0, 0.1) is 5.82 Å². The molecule has 3 aromatic rings. The van der Waals surface area contributed by atoms with Crippen LogP contribution in [0.25, 0.3) is 11.0 Å². The smallest absolute Gasteiger partial charge is 0.196 e. The second-order valence-electron chi connectivity index (χ2n) is 5.64. The predicted octanol–water partition coefficient (Wildman–Crippen LogP) is 2.32. The first-order valence-electron chi connectivity index (χ1n) is 7.91. The van der Waals surface area contributed by atoms with Crippen molar-refractivity contribution in [2.75, 3.05) is 6.54 Å². The molecule has 1 aromatic heterocycles. The molecule has 26 heavy (non-hydrogen) atoms. The first-order chi connectivity index (χ1) is 12.5. The summed E-state index contributed by atoms with van der Waals surface area (Å²) in [5.41, 5.74) is 2.28. The van der Waals surface area contributed by atoms with E-state index in [0.717, 1.165) is 5.56 Å². The molecule has 3 rings (SSSR count). The lowest BCUT2D eigenvalue weighted by atomic mass is 9.98. The van der Waals surface area contributed by atoms with Gasteiger partial charge in [-0.05, 0) is 48.7 Å². The Balaban J connectivity index is 1.81. The van der Waals surface area contributed by atoms with Crippen LogP contribution < -0.4 is 4.72 Å². The number of carbonyl (C=O) groups excluding carboxylic acids is 1. The normalized spacial score (nSPS) is 12.2. The van der Waals surface area contributed by atoms with Gasteiger partial charge in [0.2, 0.25) is 0 Å². The maximum atomic E-state index is 14.2. The summed E-state index contributed by atoms with van der Waals surface area (Å²) in [6, 6.07) is 9.21. The summed E-state index contributed by atoms with van der Waals surface area (Å²) >= 11 is -2.30. The first-order valence-corrected chi connectivity index (χ1v) is 8.99. The number of nitrogens with zero attached hydrogens (tertiary/aromatic N) is 2. The third kappa shape index (κ3) is 4.34. The Morgan fingerprint density at radius 2 is 1.88 bits per heavy atom. The molecule has 1 N–H and O–H groups in total. The Bertz CT molecular complexity index is 981. The minimum absolute atomic E-state index is 0.0221. The Morgan fingerprint density at radius 3 is 2.65 bits per heavy atom. The second-order valence-corrected chi connectivity index (χ2v) is 6.39. The molecule has 2 aromatic carbocycles. The van der Waals surface area contributed by atoms with Crippen LogP contribution in [0.1, 0.15) is 27.9 Å². The average molecular weight is 372 g/mol. The zero-order chi connectivity index (χ0) is 18.5. The first kappa shape index (κ1) is 18.2. The van der Waals surface area contributed by atoms with Crippen molar-refractivity contribution in [1.29, 1.82) is 0 Å². The summed E-state index contributed by atoms with van der Waals surface area (Å²) in [5, 5.41) is 0. The summed E-state index contributed by atoms with van der Waals surface area (Å²) in [4.78, 5) is 21.0. The molecule has 134 valence electrons. The zero-order valence-electron chi connectivity index (χ0n) is 13.6. The van der Waals surface area contributed by atoms with Crippen molar-refractivity contribution >= 4 is 28.1 Å². The van der Waals surface area contributed by atoms with Crippen molar-refractivity contribution in [3.63, 3.8) is 0 Å². The number of hydrogen-bond donors (Lipinski definition) is 1. The quantitative estimate of drug-likeness (QED) is 0.390. The van der Waals surface area contributed by atoms with Gasteiger partial charge in [0.25, 0.3) is 0 Å². The van der Waals surface area contributed by atoms with E-state index in [4.69, 9.17) is 0 Å². The van der Waals surface area contributed by atoms with E-state index in [1.165, 1.54) is 18.3 Å². The number of rotatable bonds is 7. The number of aromatic nitrogens is 2. The Morgan fingerprint density at radius 1 is 1.12 bits per heavy atom. The van der Waals surface area contributed by atoms with E-state index < -0.39 is 22.9 Å². The average Bonchev–Trinajstić information content (AvgIpc) is 2.65. The van der Waals surface area contributed by atoms with Gasteiger partial charge in [-0.15, -0.1) is 0 Å². The van der Waals surface area contributed by atoms with Crippen molar-refractivity contribution in [1.82, 2.24) is 14.7 Å². The van der Waals surface area contributed by atoms with Gasteiger partial charge < -0.3 is 4.55 Å². The molecule has 0 aliphatic rings. The minimum Gasteiger partial charge on any atom is -0.760 e. The largest absolute Gasteiger partial charge is 0.760 e. The highest BCUT2D eigenvalue weighted by molar-refractivity contribution is 7.77. The maximum Gasteiger partial charge on any atom is 0.196 e. The number of ketones is 1. The zero-order valence-corrected chi connectivity index (χ0v) is 14.5. The van der Waals surface area contributed by atoms with E-state index >= 15 is 0 Å². The van der Waals surface area contributed by atoms with Crippen LogP contribution in [-0.2, 0) is 17.7 Å². The van der Waals surface area contributed by atoms with E-state index in [1.54, 1.807) is 30.5 Å². The third-order valence-electron chi connectivity index (χ3n) is 3.87. The van der Waals surface area contributed by atoms with Crippen LogP contribution in [0.5, 0.6) is 0 Å². The molecule has 0 aliphatic carbocycles. The highest BCUT2D eigenvalue weighted by atomic mass is 32.2. The Labute approximate surface area is 151 Å². The molecule has 0 saturated heterocycles. The van der Waals surface area contributed by atoms with Crippen molar-refractivity contribution in [3.8, 4) is 0 Å². The third-order valence-corrected chi connectivity index (χ3v) is 4.31. The van der Waals surface area contributed by atoms with Gasteiger partial charge in [-0.3, -0.25) is 19.0 Å². The molecule has 0 radical (unpaired) electrons. The number of nitrogens with one attached hydrogen (secondary N) is 1. The molecule has 6 nitrogen and oxygen atoms in total. The van der Waals surface area contributed by atoms with Gasteiger partial charge in [-0.25, -0.2) is 9.11 Å². The van der Waals surface area contributed by atoms with Crippen LogP contribution in [0.3, 0.4) is 0 Å². The minimum atomic E-state index is -2.30. The molecule has 0 spiro atoms. The summed E-state index contributed by atoms with van der Waals surface area (Å²) in [6.07, 6.45) is 4.15. The van der Waals surface area contributed by atoms with Crippen LogP contribution >= 0.6 is 0 Å². The lowest BCUT2D eigenvalue weighted by molar-refractivity contribution is 0.103. The molecule has 0 aliphatic heterocycles. The summed E-state index contributed by atoms with van der Waals surface area (Å²) in [6.45, 7) is 0.278. The van der Waals surface area contributed by atoms with Crippen LogP contribution in [-0.4, -0.2) is 31.1 Å². The van der Waals surface area contributed by atoms with Crippen molar-refractivity contribution in [2.24, 2.45) is 0 Å². The standard InChI is InChI=1S/C18H16FN3O3S/c19-15-5-3-12(2-1-7-22-26(24)25)10-14(15)18(23)13-4-6-16-17(11-13)21-9-8-20-16/h3-6,8-11,22H,1-2,7H2,(H,24,25)/p-1. The van der Waals surface area contributed by atoms with Crippen LogP contribution in [0.4, 0.5) is 4.39 Å². The van der Waals surface area contributed by atoms with Gasteiger partial charge in [0.1, 0.15) is 5.82 Å². The topological polar surface area (TPSA) is 95.0 Å². The number of hydrogen-bond acceptors (Lipinski definition) is 5. The van der Waals surface area contributed by atoms with E-state index in [-0.39, 0.29) is 12.1 Å².